The number of hydrogen-bond acceptors (Lipinski definition) is 4. The molecule has 106 valence electrons. The van der Waals surface area contributed by atoms with Crippen molar-refractivity contribution in [2.24, 2.45) is 0 Å². The van der Waals surface area contributed by atoms with Crippen molar-refractivity contribution in [1.82, 2.24) is 4.72 Å². The Morgan fingerprint density at radius 1 is 1.53 bits per heavy atom. The van der Waals surface area contributed by atoms with Gasteiger partial charge in [0.15, 0.2) is 11.6 Å². The molecule has 19 heavy (non-hydrogen) atoms. The van der Waals surface area contributed by atoms with E-state index in [0.717, 1.165) is 6.26 Å². The quantitative estimate of drug-likeness (QED) is 0.878. The van der Waals surface area contributed by atoms with E-state index < -0.39 is 28.0 Å². The highest BCUT2D eigenvalue weighted by atomic mass is 32.2. The van der Waals surface area contributed by atoms with Crippen LogP contribution in [0, 0.1) is 5.82 Å². The molecule has 5 nitrogen and oxygen atoms in total. The fourth-order valence-electron chi connectivity index (χ4n) is 2.10. The number of ether oxygens (including phenoxy) is 1. The first-order valence-corrected chi connectivity index (χ1v) is 7.78. The second kappa shape index (κ2) is 5.07. The van der Waals surface area contributed by atoms with Gasteiger partial charge in [-0.1, -0.05) is 0 Å². The fourth-order valence-corrected chi connectivity index (χ4v) is 2.87. The summed E-state index contributed by atoms with van der Waals surface area (Å²) >= 11 is 0. The summed E-state index contributed by atoms with van der Waals surface area (Å²) in [5.74, 6) is -0.537. The molecule has 7 heteroatoms. The maximum atomic E-state index is 13.9. The van der Waals surface area contributed by atoms with Gasteiger partial charge < -0.3 is 9.84 Å². The van der Waals surface area contributed by atoms with Gasteiger partial charge in [0.05, 0.1) is 25.0 Å². The van der Waals surface area contributed by atoms with Crippen molar-refractivity contribution in [2.75, 3.05) is 12.9 Å². The maximum absolute atomic E-state index is 13.9. The van der Waals surface area contributed by atoms with Gasteiger partial charge in [-0.3, -0.25) is 0 Å². The highest BCUT2D eigenvalue weighted by molar-refractivity contribution is 7.88. The van der Waals surface area contributed by atoms with Crippen LogP contribution in [0.1, 0.15) is 36.6 Å². The molecular formula is C12H16FNO4S. The van der Waals surface area contributed by atoms with E-state index in [-0.39, 0.29) is 12.4 Å². The summed E-state index contributed by atoms with van der Waals surface area (Å²) in [5, 5.41) is 9.52. The first-order chi connectivity index (χ1) is 8.78. The van der Waals surface area contributed by atoms with Crippen molar-refractivity contribution in [3.63, 3.8) is 0 Å². The van der Waals surface area contributed by atoms with Crippen LogP contribution in [0.25, 0.3) is 0 Å². The molecule has 0 radical (unpaired) electrons. The van der Waals surface area contributed by atoms with E-state index in [2.05, 4.69) is 4.72 Å². The average molecular weight is 289 g/mol. The molecule has 1 aliphatic heterocycles. The van der Waals surface area contributed by atoms with Gasteiger partial charge in [-0.05, 0) is 24.6 Å². The summed E-state index contributed by atoms with van der Waals surface area (Å²) in [4.78, 5) is 0. The summed E-state index contributed by atoms with van der Waals surface area (Å²) in [7, 11) is -3.40. The van der Waals surface area contributed by atoms with Gasteiger partial charge in [0.25, 0.3) is 0 Å². The fraction of sp³-hybridized carbons (Fsp3) is 0.500. The summed E-state index contributed by atoms with van der Waals surface area (Å²) in [6.07, 6.45) is 0.639. The van der Waals surface area contributed by atoms with Crippen molar-refractivity contribution in [3.8, 4) is 5.75 Å². The van der Waals surface area contributed by atoms with Crippen LogP contribution < -0.4 is 9.46 Å². The second-order valence-electron chi connectivity index (χ2n) is 4.68. The summed E-state index contributed by atoms with van der Waals surface area (Å²) < 4.78 is 44.2. The Balaban J connectivity index is 2.47. The molecule has 1 aromatic carbocycles. The van der Waals surface area contributed by atoms with Crippen LogP contribution in [-0.2, 0) is 10.0 Å². The van der Waals surface area contributed by atoms with Crippen molar-refractivity contribution < 1.29 is 22.7 Å². The Labute approximate surface area is 111 Å². The molecule has 0 saturated carbocycles. The molecule has 2 unspecified atom stereocenters. The minimum Gasteiger partial charge on any atom is -0.490 e. The Bertz CT molecular complexity index is 586. The van der Waals surface area contributed by atoms with Crippen molar-refractivity contribution in [2.45, 2.75) is 25.5 Å². The molecule has 0 amide bonds. The van der Waals surface area contributed by atoms with Gasteiger partial charge >= 0.3 is 0 Å². The minimum atomic E-state index is -3.40. The van der Waals surface area contributed by atoms with E-state index in [1.54, 1.807) is 6.07 Å². The number of halogens is 1. The zero-order chi connectivity index (χ0) is 14.2. The number of fused-ring (bicyclic) bond motifs is 1. The van der Waals surface area contributed by atoms with Gasteiger partial charge in [0.2, 0.25) is 10.0 Å². The van der Waals surface area contributed by atoms with Crippen LogP contribution in [0.5, 0.6) is 5.75 Å². The topological polar surface area (TPSA) is 75.6 Å². The number of sulfonamides is 1. The lowest BCUT2D eigenvalue weighted by molar-refractivity contribution is 0.197. The number of aliphatic hydroxyl groups is 1. The molecule has 0 bridgehead atoms. The van der Waals surface area contributed by atoms with E-state index >= 15 is 0 Å². The van der Waals surface area contributed by atoms with Crippen LogP contribution >= 0.6 is 0 Å². The standard InChI is InChI=1S/C12H16FNO4S/c1-7(15)8-5-9-11(14-19(2,16)17)3-4-18-12(9)10(13)6-8/h5-7,11,14-15H,3-4H2,1-2H3. The molecule has 2 N–H and O–H groups in total. The third kappa shape index (κ3) is 3.23. The molecule has 0 aromatic heterocycles. The number of benzene rings is 1. The number of hydrogen-bond donors (Lipinski definition) is 2. The minimum absolute atomic E-state index is 0.0526. The van der Waals surface area contributed by atoms with Gasteiger partial charge in [-0.2, -0.15) is 0 Å². The smallest absolute Gasteiger partial charge is 0.209 e. The lowest BCUT2D eigenvalue weighted by Gasteiger charge is -2.27. The molecule has 1 aromatic rings. The van der Waals surface area contributed by atoms with E-state index in [0.29, 0.717) is 17.5 Å². The molecule has 2 rings (SSSR count). The summed E-state index contributed by atoms with van der Waals surface area (Å²) in [6, 6.07) is 2.24. The van der Waals surface area contributed by atoms with Gasteiger partial charge in [-0.25, -0.2) is 17.5 Å². The highest BCUT2D eigenvalue weighted by Crippen LogP contribution is 2.36. The number of nitrogens with one attached hydrogen (secondary N) is 1. The Kier molecular flexibility index (Phi) is 3.80. The second-order valence-corrected chi connectivity index (χ2v) is 6.46. The zero-order valence-electron chi connectivity index (χ0n) is 10.7. The Morgan fingerprint density at radius 3 is 2.79 bits per heavy atom. The highest BCUT2D eigenvalue weighted by Gasteiger charge is 2.27. The molecular weight excluding hydrogens is 273 g/mol. The molecule has 0 spiro atoms. The molecule has 0 fully saturated rings. The van der Waals surface area contributed by atoms with E-state index in [1.165, 1.54) is 13.0 Å². The molecule has 0 aliphatic carbocycles. The maximum Gasteiger partial charge on any atom is 0.209 e. The predicted octanol–water partition coefficient (Wildman–Crippen LogP) is 1.25. The van der Waals surface area contributed by atoms with Gasteiger partial charge in [-0.15, -0.1) is 0 Å². The summed E-state index contributed by atoms with van der Waals surface area (Å²) in [6.45, 7) is 1.76. The van der Waals surface area contributed by atoms with Crippen LogP contribution in [0.3, 0.4) is 0 Å². The van der Waals surface area contributed by atoms with Crippen molar-refractivity contribution >= 4 is 10.0 Å². The first-order valence-electron chi connectivity index (χ1n) is 5.89. The number of rotatable bonds is 3. The van der Waals surface area contributed by atoms with Crippen LogP contribution in [-0.4, -0.2) is 26.4 Å². The third-order valence-corrected chi connectivity index (χ3v) is 3.67. The molecule has 0 saturated heterocycles. The normalized spacial score (nSPS) is 20.5. The molecule has 1 aliphatic rings. The Hall–Kier alpha value is -1.18. The lowest BCUT2D eigenvalue weighted by atomic mass is 9.97. The average Bonchev–Trinajstić information content (AvgIpc) is 2.27. The third-order valence-electron chi connectivity index (χ3n) is 2.96. The van der Waals surface area contributed by atoms with Gasteiger partial charge in [0, 0.05) is 12.0 Å². The van der Waals surface area contributed by atoms with E-state index in [4.69, 9.17) is 4.74 Å². The zero-order valence-corrected chi connectivity index (χ0v) is 11.5. The molecule has 2 atom stereocenters. The lowest BCUT2D eigenvalue weighted by Crippen LogP contribution is -2.31. The van der Waals surface area contributed by atoms with Crippen LogP contribution in [0.15, 0.2) is 12.1 Å². The van der Waals surface area contributed by atoms with Gasteiger partial charge in [0.1, 0.15) is 0 Å². The van der Waals surface area contributed by atoms with Crippen molar-refractivity contribution in [1.29, 1.82) is 0 Å². The number of aliphatic hydroxyl groups excluding tert-OH is 1. The van der Waals surface area contributed by atoms with Crippen LogP contribution in [0.4, 0.5) is 4.39 Å². The SMILES string of the molecule is CC(O)c1cc(F)c2c(c1)C(NS(C)(=O)=O)CCO2. The van der Waals surface area contributed by atoms with Crippen molar-refractivity contribution in [3.05, 3.63) is 29.1 Å². The summed E-state index contributed by atoms with van der Waals surface area (Å²) in [5.41, 5.74) is 0.814. The monoisotopic (exact) mass is 289 g/mol. The largest absolute Gasteiger partial charge is 0.490 e. The molecule has 1 heterocycles. The predicted molar refractivity (Wildman–Crippen MR) is 67.9 cm³/mol. The van der Waals surface area contributed by atoms with Crippen LogP contribution in [0.2, 0.25) is 0 Å². The van der Waals surface area contributed by atoms with E-state index in [1.807, 2.05) is 0 Å². The van der Waals surface area contributed by atoms with E-state index in [9.17, 15) is 17.9 Å². The Morgan fingerprint density at radius 2 is 2.21 bits per heavy atom. The first kappa shape index (κ1) is 14.2.